The lowest BCUT2D eigenvalue weighted by Crippen LogP contribution is -2.49. The molecule has 0 aromatic heterocycles. The molecule has 0 aliphatic heterocycles. The fraction of sp³-hybridized carbons (Fsp3) is 0.579. The van der Waals surface area contributed by atoms with Crippen LogP contribution in [0.1, 0.15) is 44.2 Å². The van der Waals surface area contributed by atoms with Gasteiger partial charge in [-0.05, 0) is 38.3 Å². The second-order valence-corrected chi connectivity index (χ2v) is 6.71. The Morgan fingerprint density at radius 1 is 1.14 bits per heavy atom. The molecule has 9 heteroatoms. The van der Waals surface area contributed by atoms with Crippen LogP contribution in [0.4, 0.5) is 13.2 Å². The van der Waals surface area contributed by atoms with Gasteiger partial charge in [-0.3, -0.25) is 4.79 Å². The van der Waals surface area contributed by atoms with E-state index in [1.54, 1.807) is 6.07 Å². The Bertz CT molecular complexity index is 675. The van der Waals surface area contributed by atoms with Crippen molar-refractivity contribution in [2.45, 2.75) is 44.7 Å². The summed E-state index contributed by atoms with van der Waals surface area (Å²) >= 11 is 0. The second-order valence-electron chi connectivity index (χ2n) is 6.71. The number of rotatable bonds is 7. The number of hydrogen-bond acceptors (Lipinski definition) is 2. The van der Waals surface area contributed by atoms with Gasteiger partial charge in [0.1, 0.15) is 6.54 Å². The molecule has 0 heterocycles. The van der Waals surface area contributed by atoms with Gasteiger partial charge in [-0.1, -0.05) is 24.6 Å². The van der Waals surface area contributed by atoms with Crippen molar-refractivity contribution in [2.75, 3.05) is 26.2 Å². The summed E-state index contributed by atoms with van der Waals surface area (Å²) in [7, 11) is 0. The monoisotopic (exact) mass is 512 g/mol. The van der Waals surface area contributed by atoms with Crippen molar-refractivity contribution in [3.63, 3.8) is 0 Å². The molecule has 1 aliphatic rings. The van der Waals surface area contributed by atoms with Crippen molar-refractivity contribution < 1.29 is 18.0 Å². The zero-order valence-electron chi connectivity index (χ0n) is 16.2. The van der Waals surface area contributed by atoms with Crippen LogP contribution in [0, 0.1) is 0 Å². The van der Waals surface area contributed by atoms with Crippen LogP contribution in [0.5, 0.6) is 0 Å². The van der Waals surface area contributed by atoms with Crippen LogP contribution in [0.3, 0.4) is 0 Å². The minimum Gasteiger partial charge on any atom is -0.357 e. The van der Waals surface area contributed by atoms with E-state index in [9.17, 15) is 18.0 Å². The van der Waals surface area contributed by atoms with Gasteiger partial charge in [-0.25, -0.2) is 4.99 Å². The first-order chi connectivity index (χ1) is 12.8. The number of carbonyl (C=O) groups is 1. The lowest BCUT2D eigenvalue weighted by molar-refractivity contribution is -0.137. The fourth-order valence-corrected chi connectivity index (χ4v) is 3.20. The van der Waals surface area contributed by atoms with E-state index in [0.29, 0.717) is 31.2 Å². The summed E-state index contributed by atoms with van der Waals surface area (Å²) in [4.78, 5) is 15.8. The number of nitrogens with zero attached hydrogens (tertiary/aromatic N) is 1. The summed E-state index contributed by atoms with van der Waals surface area (Å²) in [6.45, 7) is 5.37. The van der Waals surface area contributed by atoms with Crippen LogP contribution in [0.15, 0.2) is 29.3 Å². The zero-order chi connectivity index (χ0) is 19.9. The number of hydrogen-bond donors (Lipinski definition) is 3. The Morgan fingerprint density at radius 2 is 1.82 bits per heavy atom. The van der Waals surface area contributed by atoms with Gasteiger partial charge >= 0.3 is 6.18 Å². The van der Waals surface area contributed by atoms with Crippen molar-refractivity contribution >= 4 is 35.8 Å². The molecule has 0 saturated heterocycles. The van der Waals surface area contributed by atoms with Gasteiger partial charge in [0, 0.05) is 25.0 Å². The average molecular weight is 512 g/mol. The van der Waals surface area contributed by atoms with Crippen LogP contribution in [-0.4, -0.2) is 38.0 Å². The Labute approximate surface area is 181 Å². The van der Waals surface area contributed by atoms with E-state index >= 15 is 0 Å². The molecule has 158 valence electrons. The highest BCUT2D eigenvalue weighted by molar-refractivity contribution is 14.0. The Morgan fingerprint density at radius 3 is 2.36 bits per heavy atom. The molecule has 1 saturated carbocycles. The highest BCUT2D eigenvalue weighted by atomic mass is 127. The van der Waals surface area contributed by atoms with E-state index in [0.717, 1.165) is 25.3 Å². The molecule has 1 amide bonds. The van der Waals surface area contributed by atoms with Crippen LogP contribution in [0.2, 0.25) is 0 Å². The number of nitrogens with one attached hydrogen (secondary N) is 3. The summed E-state index contributed by atoms with van der Waals surface area (Å²) in [6.07, 6.45) is -1.74. The van der Waals surface area contributed by atoms with Crippen LogP contribution < -0.4 is 16.0 Å². The van der Waals surface area contributed by atoms with Crippen LogP contribution >= 0.6 is 24.0 Å². The number of halogens is 4. The molecule has 28 heavy (non-hydrogen) atoms. The maximum absolute atomic E-state index is 13.0. The number of carbonyl (C=O) groups excluding carboxylic acids is 1. The molecular weight excluding hydrogens is 484 g/mol. The largest absolute Gasteiger partial charge is 0.416 e. The van der Waals surface area contributed by atoms with E-state index in [2.05, 4.69) is 20.9 Å². The maximum Gasteiger partial charge on any atom is 0.416 e. The summed E-state index contributed by atoms with van der Waals surface area (Å²) in [6, 6.07) is 5.57. The van der Waals surface area contributed by atoms with Crippen molar-refractivity contribution in [1.82, 2.24) is 16.0 Å². The Kier molecular flexibility index (Phi) is 9.52. The summed E-state index contributed by atoms with van der Waals surface area (Å²) in [5.74, 6) is 0.313. The molecule has 0 bridgehead atoms. The Balaban J connectivity index is 0.00000392. The maximum atomic E-state index is 13.0. The average Bonchev–Trinajstić information content (AvgIpc) is 2.58. The van der Waals surface area contributed by atoms with E-state index < -0.39 is 11.7 Å². The smallest absolute Gasteiger partial charge is 0.357 e. The highest BCUT2D eigenvalue weighted by Gasteiger charge is 2.40. The minimum atomic E-state index is -4.35. The number of guanidine groups is 1. The number of aliphatic imine (C=N–C) groups is 1. The lowest BCUT2D eigenvalue weighted by atomic mass is 9.64. The molecule has 1 aliphatic carbocycles. The number of amides is 1. The molecule has 0 atom stereocenters. The molecule has 1 aromatic rings. The van der Waals surface area contributed by atoms with Gasteiger partial charge in [0.15, 0.2) is 5.96 Å². The molecule has 0 spiro atoms. The van der Waals surface area contributed by atoms with E-state index in [1.807, 2.05) is 13.8 Å². The predicted molar refractivity (Wildman–Crippen MR) is 115 cm³/mol. The van der Waals surface area contributed by atoms with Gasteiger partial charge < -0.3 is 16.0 Å². The highest BCUT2D eigenvalue weighted by Crippen LogP contribution is 2.44. The first-order valence-electron chi connectivity index (χ1n) is 9.27. The first-order valence-corrected chi connectivity index (χ1v) is 9.27. The SMILES string of the molecule is CCNC(=O)CN=C(NCC)NCC1(c2cccc(C(F)(F)F)c2)CCC1.I. The summed E-state index contributed by atoms with van der Waals surface area (Å²) in [5.41, 5.74) is -0.276. The third-order valence-corrected chi connectivity index (χ3v) is 4.81. The molecule has 0 unspecified atom stereocenters. The predicted octanol–water partition coefficient (Wildman–Crippen LogP) is 3.44. The van der Waals surface area contributed by atoms with E-state index in [-0.39, 0.29) is 41.8 Å². The molecule has 2 rings (SSSR count). The first kappa shape index (κ1) is 24.5. The van der Waals surface area contributed by atoms with Crippen molar-refractivity contribution in [3.05, 3.63) is 35.4 Å². The molecule has 0 radical (unpaired) electrons. The second kappa shape index (κ2) is 10.9. The summed E-state index contributed by atoms with van der Waals surface area (Å²) < 4.78 is 39.1. The molecule has 1 fully saturated rings. The zero-order valence-corrected chi connectivity index (χ0v) is 18.5. The standard InChI is InChI=1S/C19H27F3N4O.HI/c1-3-23-16(27)12-25-17(24-4-2)26-13-18(9-6-10-18)14-7-5-8-15(11-14)19(20,21)22;/h5,7-8,11H,3-4,6,9-10,12-13H2,1-2H3,(H,23,27)(H2,24,25,26);1H. The fourth-order valence-electron chi connectivity index (χ4n) is 3.20. The molecule has 3 N–H and O–H groups in total. The third-order valence-electron chi connectivity index (χ3n) is 4.81. The molecular formula is C19H28F3IN4O. The Hall–Kier alpha value is -1.52. The quantitative estimate of drug-likeness (QED) is 0.298. The lowest BCUT2D eigenvalue weighted by Gasteiger charge is -2.43. The van der Waals surface area contributed by atoms with Gasteiger partial charge in [0.25, 0.3) is 0 Å². The third kappa shape index (κ3) is 6.52. The van der Waals surface area contributed by atoms with Crippen molar-refractivity contribution in [2.24, 2.45) is 4.99 Å². The number of alkyl halides is 3. The van der Waals surface area contributed by atoms with Gasteiger partial charge in [0.05, 0.1) is 5.56 Å². The number of likely N-dealkylation sites (N-methyl/N-ethyl adjacent to an activating group) is 1. The van der Waals surface area contributed by atoms with Crippen molar-refractivity contribution in [3.8, 4) is 0 Å². The van der Waals surface area contributed by atoms with Crippen molar-refractivity contribution in [1.29, 1.82) is 0 Å². The van der Waals surface area contributed by atoms with Crippen LogP contribution in [-0.2, 0) is 16.4 Å². The van der Waals surface area contributed by atoms with Gasteiger partial charge in [0.2, 0.25) is 5.91 Å². The normalized spacial score (nSPS) is 15.8. The van der Waals surface area contributed by atoms with E-state index in [4.69, 9.17) is 0 Å². The van der Waals surface area contributed by atoms with E-state index in [1.165, 1.54) is 12.1 Å². The van der Waals surface area contributed by atoms with Gasteiger partial charge in [-0.15, -0.1) is 24.0 Å². The summed E-state index contributed by atoms with van der Waals surface area (Å²) in [5, 5.41) is 8.94. The minimum absolute atomic E-state index is 0. The number of benzene rings is 1. The molecule has 5 nitrogen and oxygen atoms in total. The topological polar surface area (TPSA) is 65.5 Å². The molecule has 1 aromatic carbocycles. The van der Waals surface area contributed by atoms with Crippen LogP contribution in [0.25, 0.3) is 0 Å². The van der Waals surface area contributed by atoms with Gasteiger partial charge in [-0.2, -0.15) is 13.2 Å².